The summed E-state index contributed by atoms with van der Waals surface area (Å²) >= 11 is 0. The van der Waals surface area contributed by atoms with E-state index < -0.39 is 0 Å². The summed E-state index contributed by atoms with van der Waals surface area (Å²) in [4.78, 5) is 0. The van der Waals surface area contributed by atoms with Crippen LogP contribution < -0.4 is 0 Å². The van der Waals surface area contributed by atoms with Gasteiger partial charge in [0.2, 0.25) is 0 Å². The maximum absolute atomic E-state index is 9.37. The SMILES string of the molecule is CCCn1nncc1-c1ccc(O)cc1C. The lowest BCUT2D eigenvalue weighted by molar-refractivity contribution is 0.475. The maximum atomic E-state index is 9.37. The molecule has 0 amide bonds. The standard InChI is InChI=1S/C12H15N3O/c1-3-6-15-12(8-13-14-15)11-5-4-10(16)7-9(11)2/h4-5,7-8,16H,3,6H2,1-2H3. The maximum Gasteiger partial charge on any atom is 0.115 e. The molecule has 0 bridgehead atoms. The fraction of sp³-hybridized carbons (Fsp3) is 0.333. The fourth-order valence-corrected chi connectivity index (χ4v) is 1.78. The van der Waals surface area contributed by atoms with Crippen molar-refractivity contribution in [2.45, 2.75) is 26.8 Å². The van der Waals surface area contributed by atoms with E-state index in [1.54, 1.807) is 18.3 Å². The number of aryl methyl sites for hydroxylation is 2. The number of aromatic nitrogens is 3. The number of phenols is 1. The summed E-state index contributed by atoms with van der Waals surface area (Å²) in [6, 6.07) is 5.33. The van der Waals surface area contributed by atoms with Crippen molar-refractivity contribution < 1.29 is 5.11 Å². The lowest BCUT2D eigenvalue weighted by atomic mass is 10.1. The molecule has 4 nitrogen and oxygen atoms in total. The van der Waals surface area contributed by atoms with Gasteiger partial charge in [-0.15, -0.1) is 5.10 Å². The van der Waals surface area contributed by atoms with Crippen LogP contribution in [0.1, 0.15) is 18.9 Å². The molecule has 1 aromatic carbocycles. The number of hydrogen-bond acceptors (Lipinski definition) is 3. The third kappa shape index (κ3) is 1.91. The minimum Gasteiger partial charge on any atom is -0.508 e. The van der Waals surface area contributed by atoms with Crippen LogP contribution in [0.3, 0.4) is 0 Å². The summed E-state index contributed by atoms with van der Waals surface area (Å²) in [6.07, 6.45) is 2.78. The van der Waals surface area contributed by atoms with Crippen LogP contribution in [0.15, 0.2) is 24.4 Å². The number of phenolic OH excluding ortho intramolecular Hbond substituents is 1. The Morgan fingerprint density at radius 3 is 2.88 bits per heavy atom. The zero-order valence-corrected chi connectivity index (χ0v) is 9.51. The molecule has 16 heavy (non-hydrogen) atoms. The first-order chi connectivity index (χ1) is 7.72. The molecule has 0 saturated heterocycles. The van der Waals surface area contributed by atoms with E-state index in [1.165, 1.54) is 0 Å². The molecular weight excluding hydrogens is 202 g/mol. The summed E-state index contributed by atoms with van der Waals surface area (Å²) < 4.78 is 1.89. The van der Waals surface area contributed by atoms with E-state index in [-0.39, 0.29) is 5.75 Å². The van der Waals surface area contributed by atoms with Crippen molar-refractivity contribution >= 4 is 0 Å². The van der Waals surface area contributed by atoms with Crippen molar-refractivity contribution in [3.05, 3.63) is 30.0 Å². The Hall–Kier alpha value is -1.84. The molecule has 1 N–H and O–H groups in total. The van der Waals surface area contributed by atoms with Gasteiger partial charge >= 0.3 is 0 Å². The van der Waals surface area contributed by atoms with Crippen LogP contribution in [0, 0.1) is 6.92 Å². The Kier molecular flexibility index (Phi) is 2.90. The van der Waals surface area contributed by atoms with Crippen LogP contribution in [0.2, 0.25) is 0 Å². The zero-order chi connectivity index (χ0) is 11.5. The number of hydrogen-bond donors (Lipinski definition) is 1. The summed E-state index contributed by atoms with van der Waals surface area (Å²) in [5.41, 5.74) is 3.09. The van der Waals surface area contributed by atoms with Gasteiger partial charge in [-0.3, -0.25) is 0 Å². The third-order valence-corrected chi connectivity index (χ3v) is 2.54. The lowest BCUT2D eigenvalue weighted by Gasteiger charge is -2.07. The number of nitrogens with zero attached hydrogens (tertiary/aromatic N) is 3. The molecular formula is C12H15N3O. The molecule has 0 spiro atoms. The number of rotatable bonds is 3. The Morgan fingerprint density at radius 2 is 2.19 bits per heavy atom. The molecule has 0 saturated carbocycles. The highest BCUT2D eigenvalue weighted by Crippen LogP contribution is 2.25. The molecule has 0 aliphatic rings. The summed E-state index contributed by atoms with van der Waals surface area (Å²) in [7, 11) is 0. The molecule has 4 heteroatoms. The van der Waals surface area contributed by atoms with Gasteiger partial charge < -0.3 is 5.11 Å². The van der Waals surface area contributed by atoms with Crippen molar-refractivity contribution in [2.24, 2.45) is 0 Å². The summed E-state index contributed by atoms with van der Waals surface area (Å²) in [5.74, 6) is 0.288. The van der Waals surface area contributed by atoms with Crippen LogP contribution in [-0.4, -0.2) is 20.1 Å². The quantitative estimate of drug-likeness (QED) is 0.858. The molecule has 0 aliphatic carbocycles. The van der Waals surface area contributed by atoms with Crippen molar-refractivity contribution in [2.75, 3.05) is 0 Å². The molecule has 0 unspecified atom stereocenters. The average molecular weight is 217 g/mol. The first-order valence-electron chi connectivity index (χ1n) is 5.41. The average Bonchev–Trinajstić information content (AvgIpc) is 2.67. The number of aromatic hydroxyl groups is 1. The molecule has 2 rings (SSSR count). The first-order valence-corrected chi connectivity index (χ1v) is 5.41. The van der Waals surface area contributed by atoms with Gasteiger partial charge in [-0.25, -0.2) is 4.68 Å². The van der Waals surface area contributed by atoms with E-state index in [0.717, 1.165) is 29.8 Å². The second kappa shape index (κ2) is 4.35. The van der Waals surface area contributed by atoms with Gasteiger partial charge in [0.15, 0.2) is 0 Å². The molecule has 84 valence electrons. The molecule has 1 heterocycles. The van der Waals surface area contributed by atoms with Crippen LogP contribution in [-0.2, 0) is 6.54 Å². The van der Waals surface area contributed by atoms with E-state index in [4.69, 9.17) is 0 Å². The van der Waals surface area contributed by atoms with E-state index in [0.29, 0.717) is 0 Å². The number of benzene rings is 1. The molecule has 0 radical (unpaired) electrons. The van der Waals surface area contributed by atoms with Crippen molar-refractivity contribution in [1.29, 1.82) is 0 Å². The van der Waals surface area contributed by atoms with Gasteiger partial charge in [0, 0.05) is 12.1 Å². The Balaban J connectivity index is 2.46. The highest BCUT2D eigenvalue weighted by molar-refractivity contribution is 5.64. The van der Waals surface area contributed by atoms with Gasteiger partial charge in [-0.2, -0.15) is 0 Å². The Morgan fingerprint density at radius 1 is 1.38 bits per heavy atom. The van der Waals surface area contributed by atoms with Crippen LogP contribution >= 0.6 is 0 Å². The highest BCUT2D eigenvalue weighted by Gasteiger charge is 2.08. The third-order valence-electron chi connectivity index (χ3n) is 2.54. The first kappa shape index (κ1) is 10.7. The highest BCUT2D eigenvalue weighted by atomic mass is 16.3. The molecule has 0 atom stereocenters. The molecule has 2 aromatic rings. The minimum absolute atomic E-state index is 0.288. The smallest absolute Gasteiger partial charge is 0.115 e. The fourth-order valence-electron chi connectivity index (χ4n) is 1.78. The van der Waals surface area contributed by atoms with Crippen molar-refractivity contribution in [3.63, 3.8) is 0 Å². The van der Waals surface area contributed by atoms with Crippen molar-refractivity contribution in [1.82, 2.24) is 15.0 Å². The van der Waals surface area contributed by atoms with Gasteiger partial charge in [0.25, 0.3) is 0 Å². The second-order valence-corrected chi connectivity index (χ2v) is 3.84. The normalized spacial score (nSPS) is 10.6. The van der Waals surface area contributed by atoms with Crippen molar-refractivity contribution in [3.8, 4) is 17.0 Å². The monoisotopic (exact) mass is 217 g/mol. The minimum atomic E-state index is 0.288. The predicted octanol–water partition coefficient (Wildman–Crippen LogP) is 2.37. The molecule has 1 aromatic heterocycles. The zero-order valence-electron chi connectivity index (χ0n) is 9.51. The Labute approximate surface area is 94.5 Å². The van der Waals surface area contributed by atoms with E-state index in [1.807, 2.05) is 17.7 Å². The van der Waals surface area contributed by atoms with E-state index >= 15 is 0 Å². The van der Waals surface area contributed by atoms with Crippen LogP contribution in [0.25, 0.3) is 11.3 Å². The lowest BCUT2D eigenvalue weighted by Crippen LogP contribution is -2.02. The van der Waals surface area contributed by atoms with Gasteiger partial charge in [-0.1, -0.05) is 12.1 Å². The van der Waals surface area contributed by atoms with Gasteiger partial charge in [0.1, 0.15) is 5.75 Å². The van der Waals surface area contributed by atoms with Gasteiger partial charge in [-0.05, 0) is 37.1 Å². The predicted molar refractivity (Wildman–Crippen MR) is 62.2 cm³/mol. The topological polar surface area (TPSA) is 50.9 Å². The van der Waals surface area contributed by atoms with Crippen LogP contribution in [0.4, 0.5) is 0 Å². The van der Waals surface area contributed by atoms with Crippen LogP contribution in [0.5, 0.6) is 5.75 Å². The Bertz CT molecular complexity index is 491. The molecule has 0 aliphatic heterocycles. The summed E-state index contributed by atoms with van der Waals surface area (Å²) in [6.45, 7) is 4.93. The molecule has 0 fully saturated rings. The second-order valence-electron chi connectivity index (χ2n) is 3.84. The largest absolute Gasteiger partial charge is 0.508 e. The van der Waals surface area contributed by atoms with Gasteiger partial charge in [0.05, 0.1) is 11.9 Å². The van der Waals surface area contributed by atoms with E-state index in [2.05, 4.69) is 17.2 Å². The summed E-state index contributed by atoms with van der Waals surface area (Å²) in [5, 5.41) is 17.4. The van der Waals surface area contributed by atoms with E-state index in [9.17, 15) is 5.11 Å².